The maximum absolute atomic E-state index is 12.9. The van der Waals surface area contributed by atoms with Crippen molar-refractivity contribution < 1.29 is 23.5 Å². The second-order valence-electron chi connectivity index (χ2n) is 4.00. The second kappa shape index (κ2) is 7.43. The molecule has 20 heavy (non-hydrogen) atoms. The average Bonchev–Trinajstić information content (AvgIpc) is 2.40. The van der Waals surface area contributed by atoms with Gasteiger partial charge >= 0.3 is 13.7 Å². The molecule has 0 saturated heterocycles. The zero-order chi connectivity index (χ0) is 15.2. The van der Waals surface area contributed by atoms with E-state index in [-0.39, 0.29) is 13.2 Å². The highest BCUT2D eigenvalue weighted by atomic mass is 31.2. The van der Waals surface area contributed by atoms with Gasteiger partial charge in [-0.05, 0) is 32.9 Å². The molecule has 7 heteroatoms. The maximum Gasteiger partial charge on any atom is 0.436 e. The van der Waals surface area contributed by atoms with E-state index in [1.54, 1.807) is 44.2 Å². The SMILES string of the molecule is CCOP(=O)(OCC)N(c1ccccc1)[C@@H](C)C(=O)O. The van der Waals surface area contributed by atoms with Gasteiger partial charge in [-0.3, -0.25) is 13.7 Å². The van der Waals surface area contributed by atoms with Crippen LogP contribution in [0.4, 0.5) is 5.69 Å². The number of carboxylic acids is 1. The van der Waals surface area contributed by atoms with Crippen molar-refractivity contribution in [2.45, 2.75) is 26.8 Å². The summed E-state index contributed by atoms with van der Waals surface area (Å²) in [4.78, 5) is 11.3. The first kappa shape index (κ1) is 16.7. The van der Waals surface area contributed by atoms with Crippen molar-refractivity contribution in [3.05, 3.63) is 30.3 Å². The smallest absolute Gasteiger partial charge is 0.436 e. The van der Waals surface area contributed by atoms with Crippen molar-refractivity contribution in [3.63, 3.8) is 0 Å². The van der Waals surface area contributed by atoms with Crippen LogP contribution in [0.15, 0.2) is 30.3 Å². The van der Waals surface area contributed by atoms with Crippen LogP contribution >= 0.6 is 7.75 Å². The Morgan fingerprint density at radius 2 is 1.75 bits per heavy atom. The number of benzene rings is 1. The van der Waals surface area contributed by atoms with Crippen LogP contribution in [-0.4, -0.2) is 30.3 Å². The molecule has 0 fully saturated rings. The Hall–Kier alpha value is -1.36. The summed E-state index contributed by atoms with van der Waals surface area (Å²) in [6, 6.07) is 7.56. The highest BCUT2D eigenvalue weighted by Gasteiger charge is 2.39. The van der Waals surface area contributed by atoms with Crippen LogP contribution in [-0.2, 0) is 18.4 Å². The highest BCUT2D eigenvalue weighted by Crippen LogP contribution is 2.55. The van der Waals surface area contributed by atoms with Crippen molar-refractivity contribution in [3.8, 4) is 0 Å². The molecule has 0 aliphatic rings. The van der Waals surface area contributed by atoms with Crippen LogP contribution in [0.2, 0.25) is 0 Å². The van der Waals surface area contributed by atoms with Gasteiger partial charge in [-0.15, -0.1) is 0 Å². The number of carbonyl (C=O) groups is 1. The lowest BCUT2D eigenvalue weighted by molar-refractivity contribution is -0.138. The van der Waals surface area contributed by atoms with Crippen LogP contribution in [0.1, 0.15) is 20.8 Å². The molecule has 0 unspecified atom stereocenters. The number of aliphatic carboxylic acids is 1. The summed E-state index contributed by atoms with van der Waals surface area (Å²) in [6.07, 6.45) is 0. The van der Waals surface area contributed by atoms with E-state index >= 15 is 0 Å². The van der Waals surface area contributed by atoms with Gasteiger partial charge in [0.15, 0.2) is 0 Å². The van der Waals surface area contributed by atoms with Gasteiger partial charge in [-0.25, -0.2) is 9.36 Å². The third kappa shape index (κ3) is 3.82. The minimum atomic E-state index is -3.71. The minimum Gasteiger partial charge on any atom is -0.480 e. The molecule has 0 amide bonds. The van der Waals surface area contributed by atoms with Gasteiger partial charge in [0.25, 0.3) is 0 Å². The number of hydrogen-bond acceptors (Lipinski definition) is 4. The molecule has 0 bridgehead atoms. The van der Waals surface area contributed by atoms with Crippen molar-refractivity contribution in [2.24, 2.45) is 0 Å². The Morgan fingerprint density at radius 3 is 2.15 bits per heavy atom. The molecule has 0 aromatic heterocycles. The lowest BCUT2D eigenvalue weighted by Crippen LogP contribution is -2.37. The predicted octanol–water partition coefficient (Wildman–Crippen LogP) is 3.15. The Labute approximate surface area is 118 Å². The predicted molar refractivity (Wildman–Crippen MR) is 76.9 cm³/mol. The van der Waals surface area contributed by atoms with Gasteiger partial charge in [0.2, 0.25) is 0 Å². The van der Waals surface area contributed by atoms with E-state index in [2.05, 4.69) is 0 Å². The molecular formula is C13H20NO5P. The number of anilines is 1. The van der Waals surface area contributed by atoms with Gasteiger partial charge < -0.3 is 5.11 Å². The monoisotopic (exact) mass is 301 g/mol. The number of hydrogen-bond donors (Lipinski definition) is 1. The van der Waals surface area contributed by atoms with E-state index in [0.717, 1.165) is 0 Å². The van der Waals surface area contributed by atoms with E-state index in [0.29, 0.717) is 5.69 Å². The summed E-state index contributed by atoms with van der Waals surface area (Å²) in [6.45, 7) is 5.13. The first-order valence-corrected chi connectivity index (χ1v) is 7.92. The summed E-state index contributed by atoms with van der Waals surface area (Å²) >= 11 is 0. The normalized spacial score (nSPS) is 12.9. The van der Waals surface area contributed by atoms with Gasteiger partial charge in [0, 0.05) is 5.69 Å². The van der Waals surface area contributed by atoms with Crippen molar-refractivity contribution in [1.29, 1.82) is 0 Å². The summed E-state index contributed by atoms with van der Waals surface area (Å²) in [5.74, 6) is -1.10. The Balaban J connectivity index is 3.28. The lowest BCUT2D eigenvalue weighted by atomic mass is 10.2. The molecule has 1 rings (SSSR count). The Kier molecular flexibility index (Phi) is 6.20. The molecule has 0 aliphatic carbocycles. The third-order valence-electron chi connectivity index (χ3n) is 2.59. The van der Waals surface area contributed by atoms with E-state index in [1.165, 1.54) is 11.6 Å². The summed E-state index contributed by atoms with van der Waals surface area (Å²) in [5, 5.41) is 9.24. The minimum absolute atomic E-state index is 0.160. The number of rotatable bonds is 8. The molecular weight excluding hydrogens is 281 g/mol. The Morgan fingerprint density at radius 1 is 1.25 bits per heavy atom. The maximum atomic E-state index is 12.9. The van der Waals surface area contributed by atoms with Gasteiger partial charge in [0.05, 0.1) is 13.2 Å². The first-order chi connectivity index (χ1) is 9.46. The van der Waals surface area contributed by atoms with E-state index in [9.17, 15) is 14.5 Å². The van der Waals surface area contributed by atoms with Crippen LogP contribution < -0.4 is 4.67 Å². The fourth-order valence-electron chi connectivity index (χ4n) is 1.75. The van der Waals surface area contributed by atoms with Crippen LogP contribution in [0, 0.1) is 0 Å². The van der Waals surface area contributed by atoms with Crippen molar-refractivity contribution in [1.82, 2.24) is 0 Å². The molecule has 0 radical (unpaired) electrons. The zero-order valence-electron chi connectivity index (χ0n) is 11.9. The van der Waals surface area contributed by atoms with E-state index < -0.39 is 19.8 Å². The highest BCUT2D eigenvalue weighted by molar-refractivity contribution is 7.55. The van der Waals surface area contributed by atoms with Crippen molar-refractivity contribution >= 4 is 19.4 Å². The average molecular weight is 301 g/mol. The molecule has 0 heterocycles. The topological polar surface area (TPSA) is 76.1 Å². The summed E-state index contributed by atoms with van der Waals surface area (Å²) in [7, 11) is -3.71. The summed E-state index contributed by atoms with van der Waals surface area (Å²) < 4.78 is 24.6. The van der Waals surface area contributed by atoms with Crippen LogP contribution in [0.5, 0.6) is 0 Å². The zero-order valence-corrected chi connectivity index (χ0v) is 12.7. The van der Waals surface area contributed by atoms with E-state index in [1.807, 2.05) is 0 Å². The number of nitrogens with zero attached hydrogens (tertiary/aromatic N) is 1. The molecule has 1 aromatic rings. The van der Waals surface area contributed by atoms with Gasteiger partial charge in [0.1, 0.15) is 6.04 Å². The van der Waals surface area contributed by atoms with Crippen molar-refractivity contribution in [2.75, 3.05) is 17.9 Å². The fourth-order valence-corrected chi connectivity index (χ4v) is 3.67. The fraction of sp³-hybridized carbons (Fsp3) is 0.462. The standard InChI is InChI=1S/C13H20NO5P/c1-4-18-20(17,19-5-2)14(11(3)13(15)16)12-9-7-6-8-10-12/h6-11H,4-5H2,1-3H3,(H,15,16)/t11-/m0/s1. The molecule has 1 atom stereocenters. The quantitative estimate of drug-likeness (QED) is 0.743. The molecule has 0 saturated carbocycles. The largest absolute Gasteiger partial charge is 0.480 e. The molecule has 112 valence electrons. The van der Waals surface area contributed by atoms with E-state index in [4.69, 9.17) is 9.05 Å². The number of carboxylic acid groups (broad SMARTS) is 1. The van der Waals surface area contributed by atoms with Crippen LogP contribution in [0.25, 0.3) is 0 Å². The third-order valence-corrected chi connectivity index (χ3v) is 4.87. The molecule has 1 aromatic carbocycles. The molecule has 0 aliphatic heterocycles. The molecule has 1 N–H and O–H groups in total. The molecule has 6 nitrogen and oxygen atoms in total. The van der Waals surface area contributed by atoms with Gasteiger partial charge in [-0.1, -0.05) is 18.2 Å². The molecule has 0 spiro atoms. The lowest BCUT2D eigenvalue weighted by Gasteiger charge is -2.34. The van der Waals surface area contributed by atoms with Gasteiger partial charge in [-0.2, -0.15) is 0 Å². The second-order valence-corrected chi connectivity index (χ2v) is 5.88. The number of para-hydroxylation sites is 1. The Bertz CT molecular complexity index is 469. The summed E-state index contributed by atoms with van der Waals surface area (Å²) in [5.41, 5.74) is 0.479. The first-order valence-electron chi connectivity index (χ1n) is 6.43. The van der Waals surface area contributed by atoms with Crippen LogP contribution in [0.3, 0.4) is 0 Å².